The van der Waals surface area contributed by atoms with Crippen LogP contribution in [0.1, 0.15) is 39.0 Å². The molecule has 0 unspecified atom stereocenters. The number of nitrogens with zero attached hydrogens (tertiary/aromatic N) is 1. The first-order chi connectivity index (χ1) is 17.7. The summed E-state index contributed by atoms with van der Waals surface area (Å²) in [5.74, 6) is 5.09. The number of hydrogen-bond donors (Lipinski definition) is 4. The van der Waals surface area contributed by atoms with Crippen LogP contribution < -0.4 is 26.0 Å². The maximum atomic E-state index is 13.1. The quantitative estimate of drug-likeness (QED) is 0.352. The van der Waals surface area contributed by atoms with Gasteiger partial charge in [-0.05, 0) is 53.8 Å². The Balaban J connectivity index is 1.30. The lowest BCUT2D eigenvalue weighted by molar-refractivity contribution is -0.124. The van der Waals surface area contributed by atoms with E-state index in [1.165, 1.54) is 12.0 Å². The minimum Gasteiger partial charge on any atom is -0.497 e. The topological polar surface area (TPSA) is 146 Å². The fourth-order valence-corrected chi connectivity index (χ4v) is 5.40. The summed E-state index contributed by atoms with van der Waals surface area (Å²) in [4.78, 5) is 63.7. The molecule has 3 aliphatic heterocycles. The molecule has 2 atom stereocenters. The number of hydrogen-bond acceptors (Lipinski definition) is 6. The van der Waals surface area contributed by atoms with E-state index in [0.717, 1.165) is 11.1 Å². The number of fused-ring (bicyclic) bond motifs is 3. The largest absolute Gasteiger partial charge is 0.497 e. The number of methoxy groups -OCH3 is 1. The summed E-state index contributed by atoms with van der Waals surface area (Å²) < 4.78 is 5.21. The Labute approximate surface area is 210 Å². The Morgan fingerprint density at radius 1 is 0.946 bits per heavy atom. The predicted octanol–water partition coefficient (Wildman–Crippen LogP) is 0.262. The Morgan fingerprint density at radius 2 is 1.73 bits per heavy atom. The van der Waals surface area contributed by atoms with Crippen molar-refractivity contribution in [3.05, 3.63) is 64.2 Å². The Kier molecular flexibility index (Phi) is 4.78. The van der Waals surface area contributed by atoms with E-state index in [2.05, 4.69) is 33.1 Å². The van der Waals surface area contributed by atoms with E-state index in [9.17, 15) is 24.0 Å². The van der Waals surface area contributed by atoms with Crippen molar-refractivity contribution in [2.24, 2.45) is 0 Å². The van der Waals surface area contributed by atoms with E-state index in [0.29, 0.717) is 35.3 Å². The first-order valence-electron chi connectivity index (χ1n) is 11.6. The van der Waals surface area contributed by atoms with Gasteiger partial charge in [0.25, 0.3) is 17.7 Å². The molecule has 0 saturated carbocycles. The number of carbonyl (C=O) groups excluding carboxylic acids is 5. The maximum absolute atomic E-state index is 13.1. The zero-order chi connectivity index (χ0) is 25.9. The molecule has 4 aliphatic rings. The molecule has 1 spiro atoms. The van der Waals surface area contributed by atoms with Crippen LogP contribution in [0.25, 0.3) is 0 Å². The molecule has 37 heavy (non-hydrogen) atoms. The summed E-state index contributed by atoms with van der Waals surface area (Å²) in [5, 5.41) is 9.83. The number of rotatable bonds is 3. The minimum absolute atomic E-state index is 0.145. The lowest BCUT2D eigenvalue weighted by atomic mass is 9.91. The highest BCUT2D eigenvalue weighted by molar-refractivity contribution is 6.10. The molecular weight excluding hydrogens is 478 g/mol. The first-order valence-corrected chi connectivity index (χ1v) is 11.6. The number of imide groups is 2. The van der Waals surface area contributed by atoms with Gasteiger partial charge in [0.05, 0.1) is 13.7 Å². The lowest BCUT2D eigenvalue weighted by Crippen LogP contribution is -2.54. The molecule has 2 fully saturated rings. The SMILES string of the molecule is COc1ccc2c(c1)C(=O)N(C[C@@]1(C#Cc3ccc4c(c3)CC[C@]43NC(=O)NC3=O)NC(=O)NC1=O)C2. The number of amides is 7. The van der Waals surface area contributed by atoms with E-state index in [-0.39, 0.29) is 24.9 Å². The molecule has 0 radical (unpaired) electrons. The molecule has 11 nitrogen and oxygen atoms in total. The van der Waals surface area contributed by atoms with Crippen molar-refractivity contribution < 1.29 is 28.7 Å². The molecular formula is C26H21N5O6. The minimum atomic E-state index is -1.64. The summed E-state index contributed by atoms with van der Waals surface area (Å²) in [6.45, 7) is 0.118. The van der Waals surface area contributed by atoms with E-state index in [4.69, 9.17) is 4.74 Å². The fraction of sp³-hybridized carbons (Fsp3) is 0.269. The van der Waals surface area contributed by atoms with Crippen LogP contribution in [0.4, 0.5) is 9.59 Å². The van der Waals surface area contributed by atoms with Crippen LogP contribution in [0.2, 0.25) is 0 Å². The average Bonchev–Trinajstić information content (AvgIpc) is 3.56. The lowest BCUT2D eigenvalue weighted by Gasteiger charge is -2.26. The molecule has 2 aromatic rings. The summed E-state index contributed by atoms with van der Waals surface area (Å²) in [7, 11) is 1.51. The van der Waals surface area contributed by atoms with Crippen LogP contribution in [0, 0.1) is 11.8 Å². The highest BCUT2D eigenvalue weighted by atomic mass is 16.5. The Bertz CT molecular complexity index is 1510. The molecule has 11 heteroatoms. The summed E-state index contributed by atoms with van der Waals surface area (Å²) in [5.41, 5.74) is 0.674. The second-order valence-corrected chi connectivity index (χ2v) is 9.43. The van der Waals surface area contributed by atoms with Gasteiger partial charge < -0.3 is 20.3 Å². The molecule has 3 heterocycles. The third-order valence-electron chi connectivity index (χ3n) is 7.26. The van der Waals surface area contributed by atoms with Crippen LogP contribution in [-0.4, -0.2) is 53.9 Å². The van der Waals surface area contributed by atoms with Crippen LogP contribution >= 0.6 is 0 Å². The highest BCUT2D eigenvalue weighted by Gasteiger charge is 2.51. The van der Waals surface area contributed by atoms with Crippen molar-refractivity contribution >= 4 is 29.8 Å². The van der Waals surface area contributed by atoms with Gasteiger partial charge in [-0.1, -0.05) is 24.0 Å². The van der Waals surface area contributed by atoms with Crippen molar-refractivity contribution in [3.8, 4) is 17.6 Å². The summed E-state index contributed by atoms with van der Waals surface area (Å²) >= 11 is 0. The fourth-order valence-electron chi connectivity index (χ4n) is 5.40. The standard InChI is InChI=1S/C26H21N5O6/c1-37-17-4-3-16-12-31(20(32)18(16)11-17)13-25(21(33)27-23(35)29-25)8-6-14-2-5-19-15(10-14)7-9-26(19)22(34)28-24(36)30-26/h2-5,10-11H,7,9,12-13H2,1H3,(H2,27,29,33,35)(H2,28,30,34,36)/t25-,26+/m1/s1. The highest BCUT2D eigenvalue weighted by Crippen LogP contribution is 2.39. The zero-order valence-corrected chi connectivity index (χ0v) is 19.7. The zero-order valence-electron chi connectivity index (χ0n) is 19.7. The van der Waals surface area contributed by atoms with Gasteiger partial charge in [-0.15, -0.1) is 0 Å². The van der Waals surface area contributed by atoms with Gasteiger partial charge in [-0.3, -0.25) is 25.0 Å². The third kappa shape index (κ3) is 3.41. The number of nitrogens with one attached hydrogen (secondary N) is 4. The molecule has 0 aromatic heterocycles. The van der Waals surface area contributed by atoms with Crippen LogP contribution in [0.5, 0.6) is 5.75 Å². The molecule has 2 saturated heterocycles. The third-order valence-corrected chi connectivity index (χ3v) is 7.26. The Morgan fingerprint density at radius 3 is 2.43 bits per heavy atom. The van der Waals surface area contributed by atoms with E-state index >= 15 is 0 Å². The Hall–Kier alpha value is -4.85. The van der Waals surface area contributed by atoms with E-state index in [1.807, 2.05) is 0 Å². The second-order valence-electron chi connectivity index (χ2n) is 9.43. The van der Waals surface area contributed by atoms with E-state index < -0.39 is 29.0 Å². The second kappa shape index (κ2) is 7.83. The molecule has 1 aliphatic carbocycles. The van der Waals surface area contributed by atoms with Crippen molar-refractivity contribution in [1.29, 1.82) is 0 Å². The van der Waals surface area contributed by atoms with Gasteiger partial charge in [-0.25, -0.2) is 9.59 Å². The molecule has 0 bridgehead atoms. The molecule has 7 amide bonds. The van der Waals surface area contributed by atoms with Gasteiger partial charge in [0.15, 0.2) is 0 Å². The number of benzene rings is 2. The number of carbonyl (C=O) groups is 5. The smallest absolute Gasteiger partial charge is 0.323 e. The average molecular weight is 499 g/mol. The number of aryl methyl sites for hydroxylation is 1. The molecule has 4 N–H and O–H groups in total. The molecule has 2 aromatic carbocycles. The van der Waals surface area contributed by atoms with Gasteiger partial charge >= 0.3 is 12.1 Å². The predicted molar refractivity (Wildman–Crippen MR) is 127 cm³/mol. The van der Waals surface area contributed by atoms with Crippen molar-refractivity contribution in [3.63, 3.8) is 0 Å². The molecule has 186 valence electrons. The normalized spacial score (nSPS) is 25.2. The van der Waals surface area contributed by atoms with Crippen LogP contribution in [-0.2, 0) is 28.1 Å². The van der Waals surface area contributed by atoms with Crippen molar-refractivity contribution in [2.45, 2.75) is 30.5 Å². The summed E-state index contributed by atoms with van der Waals surface area (Å²) in [6, 6.07) is 9.23. The van der Waals surface area contributed by atoms with E-state index in [1.54, 1.807) is 36.4 Å². The van der Waals surface area contributed by atoms with Crippen LogP contribution in [0.3, 0.4) is 0 Å². The molecule has 6 rings (SSSR count). The number of ether oxygens (including phenoxy) is 1. The number of urea groups is 2. The van der Waals surface area contributed by atoms with Gasteiger partial charge in [-0.2, -0.15) is 0 Å². The van der Waals surface area contributed by atoms with Crippen molar-refractivity contribution in [2.75, 3.05) is 13.7 Å². The first kappa shape index (κ1) is 22.6. The van der Waals surface area contributed by atoms with Crippen molar-refractivity contribution in [1.82, 2.24) is 26.2 Å². The van der Waals surface area contributed by atoms with Gasteiger partial charge in [0.1, 0.15) is 11.3 Å². The van der Waals surface area contributed by atoms with Gasteiger partial charge in [0.2, 0.25) is 5.54 Å². The maximum Gasteiger partial charge on any atom is 0.323 e. The summed E-state index contributed by atoms with van der Waals surface area (Å²) in [6.07, 6.45) is 0.993. The monoisotopic (exact) mass is 499 g/mol. The van der Waals surface area contributed by atoms with Crippen LogP contribution in [0.15, 0.2) is 36.4 Å². The van der Waals surface area contributed by atoms with Gasteiger partial charge in [0, 0.05) is 17.7 Å².